The summed E-state index contributed by atoms with van der Waals surface area (Å²) in [5.41, 5.74) is 3.34. The molecule has 28 heavy (non-hydrogen) atoms. The number of carbonyl (C=O) groups is 1. The number of nitrogens with one attached hydrogen (secondary N) is 1. The van der Waals surface area contributed by atoms with Crippen molar-refractivity contribution in [2.75, 3.05) is 0 Å². The van der Waals surface area contributed by atoms with Crippen LogP contribution in [0.3, 0.4) is 0 Å². The number of aryl methyl sites for hydroxylation is 1. The molecule has 1 unspecified atom stereocenters. The Morgan fingerprint density at radius 2 is 1.89 bits per heavy atom. The minimum Gasteiger partial charge on any atom is -0.467 e. The van der Waals surface area contributed by atoms with Gasteiger partial charge in [0.1, 0.15) is 5.76 Å². The summed E-state index contributed by atoms with van der Waals surface area (Å²) in [7, 11) is 2.03. The summed E-state index contributed by atoms with van der Waals surface area (Å²) in [4.78, 5) is 12.7. The first-order valence-electron chi connectivity index (χ1n) is 9.20. The average Bonchev–Trinajstić information content (AvgIpc) is 3.34. The zero-order valence-corrected chi connectivity index (χ0v) is 16.3. The molecule has 0 fully saturated rings. The van der Waals surface area contributed by atoms with Crippen molar-refractivity contribution in [3.8, 4) is 0 Å². The zero-order valence-electron chi connectivity index (χ0n) is 15.6. The van der Waals surface area contributed by atoms with Gasteiger partial charge in [-0.3, -0.25) is 4.79 Å². The lowest BCUT2D eigenvalue weighted by molar-refractivity contribution is -0.121. The van der Waals surface area contributed by atoms with E-state index in [0.29, 0.717) is 18.0 Å². The first-order valence-corrected chi connectivity index (χ1v) is 9.58. The van der Waals surface area contributed by atoms with E-state index in [1.807, 2.05) is 55.6 Å². The molecule has 4 aromatic rings. The molecule has 0 aliphatic rings. The Kier molecular flexibility index (Phi) is 5.22. The van der Waals surface area contributed by atoms with Crippen molar-refractivity contribution >= 4 is 28.4 Å². The van der Waals surface area contributed by atoms with Crippen molar-refractivity contribution in [1.29, 1.82) is 0 Å². The van der Waals surface area contributed by atoms with E-state index in [0.717, 1.165) is 27.8 Å². The molecule has 4 rings (SSSR count). The number of aromatic nitrogens is 1. The molecule has 1 amide bonds. The third-order valence-corrected chi connectivity index (χ3v) is 5.26. The minimum absolute atomic E-state index is 0.0238. The van der Waals surface area contributed by atoms with Gasteiger partial charge in [-0.15, -0.1) is 0 Å². The molecule has 0 aliphatic heterocycles. The average molecular weight is 393 g/mol. The van der Waals surface area contributed by atoms with Crippen molar-refractivity contribution in [2.24, 2.45) is 7.05 Å². The second kappa shape index (κ2) is 7.95. The van der Waals surface area contributed by atoms with Gasteiger partial charge in [0, 0.05) is 41.5 Å². The molecule has 2 aromatic heterocycles. The van der Waals surface area contributed by atoms with Crippen LogP contribution in [0.15, 0.2) is 77.5 Å². The Bertz CT molecular complexity index is 1080. The predicted molar refractivity (Wildman–Crippen MR) is 111 cm³/mol. The largest absolute Gasteiger partial charge is 0.467 e. The summed E-state index contributed by atoms with van der Waals surface area (Å²) in [6.45, 7) is 0.384. The van der Waals surface area contributed by atoms with Gasteiger partial charge in [0.15, 0.2) is 0 Å². The first kappa shape index (κ1) is 18.4. The quantitative estimate of drug-likeness (QED) is 0.486. The van der Waals surface area contributed by atoms with Gasteiger partial charge in [0.25, 0.3) is 0 Å². The third kappa shape index (κ3) is 3.82. The molecule has 0 saturated carbocycles. The number of hydrogen-bond acceptors (Lipinski definition) is 2. The summed E-state index contributed by atoms with van der Waals surface area (Å²) in [6, 6.07) is 19.6. The van der Waals surface area contributed by atoms with E-state index in [1.165, 1.54) is 0 Å². The Hall–Kier alpha value is -2.98. The van der Waals surface area contributed by atoms with E-state index in [2.05, 4.69) is 28.2 Å². The van der Waals surface area contributed by atoms with Gasteiger partial charge in [0.2, 0.25) is 5.91 Å². The van der Waals surface area contributed by atoms with Crippen LogP contribution in [0.5, 0.6) is 0 Å². The molecule has 1 N–H and O–H groups in total. The first-order chi connectivity index (χ1) is 13.6. The molecule has 0 aliphatic carbocycles. The van der Waals surface area contributed by atoms with Crippen molar-refractivity contribution in [1.82, 2.24) is 9.88 Å². The normalized spacial score (nSPS) is 12.2. The second-order valence-corrected chi connectivity index (χ2v) is 7.31. The molecule has 0 radical (unpaired) electrons. The number of para-hydroxylation sites is 1. The third-order valence-electron chi connectivity index (χ3n) is 5.00. The lowest BCUT2D eigenvalue weighted by Gasteiger charge is -2.17. The van der Waals surface area contributed by atoms with Crippen LogP contribution in [-0.2, 0) is 18.4 Å². The molecule has 2 heterocycles. The SMILES string of the molecule is Cn1cc(C(CC(=O)NCc2ccco2)c2ccc(Cl)cc2)c2ccccc21. The van der Waals surface area contributed by atoms with Gasteiger partial charge in [-0.05, 0) is 41.5 Å². The van der Waals surface area contributed by atoms with Crippen LogP contribution in [0.1, 0.15) is 29.2 Å². The fraction of sp³-hybridized carbons (Fsp3) is 0.174. The molecule has 142 valence electrons. The van der Waals surface area contributed by atoms with Crippen LogP contribution < -0.4 is 5.32 Å². The molecular formula is C23H21ClN2O2. The van der Waals surface area contributed by atoms with E-state index in [1.54, 1.807) is 6.26 Å². The van der Waals surface area contributed by atoms with Crippen molar-refractivity contribution < 1.29 is 9.21 Å². The topological polar surface area (TPSA) is 47.2 Å². The maximum atomic E-state index is 12.7. The standard InChI is InChI=1S/C23H21ClN2O2/c1-26-15-21(19-6-2-3-7-22(19)26)20(16-8-10-17(24)11-9-16)13-23(27)25-14-18-5-4-12-28-18/h2-12,15,20H,13-14H2,1H3,(H,25,27). The Morgan fingerprint density at radius 1 is 1.11 bits per heavy atom. The van der Waals surface area contributed by atoms with E-state index in [9.17, 15) is 4.79 Å². The zero-order chi connectivity index (χ0) is 19.5. The molecule has 1 atom stereocenters. The maximum absolute atomic E-state index is 12.7. The highest BCUT2D eigenvalue weighted by Crippen LogP contribution is 2.34. The monoisotopic (exact) mass is 392 g/mol. The van der Waals surface area contributed by atoms with Crippen LogP contribution in [0.4, 0.5) is 0 Å². The summed E-state index contributed by atoms with van der Waals surface area (Å²) >= 11 is 6.08. The number of amides is 1. The molecule has 4 nitrogen and oxygen atoms in total. The fourth-order valence-electron chi connectivity index (χ4n) is 3.61. The van der Waals surface area contributed by atoms with Crippen LogP contribution in [0.2, 0.25) is 5.02 Å². The number of hydrogen-bond donors (Lipinski definition) is 1. The smallest absolute Gasteiger partial charge is 0.221 e. The van der Waals surface area contributed by atoms with Gasteiger partial charge in [-0.25, -0.2) is 0 Å². The van der Waals surface area contributed by atoms with E-state index in [-0.39, 0.29) is 11.8 Å². The highest BCUT2D eigenvalue weighted by atomic mass is 35.5. The molecular weight excluding hydrogens is 372 g/mol. The summed E-state index contributed by atoms with van der Waals surface area (Å²) in [6.07, 6.45) is 4.06. The fourth-order valence-corrected chi connectivity index (χ4v) is 3.74. The highest BCUT2D eigenvalue weighted by molar-refractivity contribution is 6.30. The van der Waals surface area contributed by atoms with Gasteiger partial charge < -0.3 is 14.3 Å². The molecule has 2 aromatic carbocycles. The van der Waals surface area contributed by atoms with Crippen LogP contribution in [0, 0.1) is 0 Å². The lowest BCUT2D eigenvalue weighted by Crippen LogP contribution is -2.24. The van der Waals surface area contributed by atoms with Crippen molar-refractivity contribution in [3.63, 3.8) is 0 Å². The Morgan fingerprint density at radius 3 is 2.64 bits per heavy atom. The Balaban J connectivity index is 1.65. The van der Waals surface area contributed by atoms with Gasteiger partial charge in [-0.1, -0.05) is 41.9 Å². The number of furan rings is 1. The maximum Gasteiger partial charge on any atom is 0.221 e. The number of fused-ring (bicyclic) bond motifs is 1. The summed E-state index contributed by atoms with van der Waals surface area (Å²) in [5, 5.41) is 4.80. The van der Waals surface area contributed by atoms with E-state index < -0.39 is 0 Å². The van der Waals surface area contributed by atoms with Gasteiger partial charge >= 0.3 is 0 Å². The van der Waals surface area contributed by atoms with Crippen LogP contribution >= 0.6 is 11.6 Å². The second-order valence-electron chi connectivity index (χ2n) is 6.88. The van der Waals surface area contributed by atoms with Crippen molar-refractivity contribution in [3.05, 3.63) is 95.0 Å². The number of nitrogens with zero attached hydrogens (tertiary/aromatic N) is 1. The summed E-state index contributed by atoms with van der Waals surface area (Å²) < 4.78 is 7.41. The van der Waals surface area contributed by atoms with Crippen molar-refractivity contribution in [2.45, 2.75) is 18.9 Å². The van der Waals surface area contributed by atoms with Crippen LogP contribution in [-0.4, -0.2) is 10.5 Å². The molecule has 5 heteroatoms. The summed E-state index contributed by atoms with van der Waals surface area (Å²) in [5.74, 6) is 0.644. The minimum atomic E-state index is -0.0695. The molecule has 0 saturated heterocycles. The predicted octanol–water partition coefficient (Wildman–Crippen LogP) is 5.26. The van der Waals surface area contributed by atoms with Gasteiger partial charge in [0.05, 0.1) is 12.8 Å². The van der Waals surface area contributed by atoms with E-state index >= 15 is 0 Å². The number of carbonyl (C=O) groups excluding carboxylic acids is 1. The van der Waals surface area contributed by atoms with Crippen LogP contribution in [0.25, 0.3) is 10.9 Å². The van der Waals surface area contributed by atoms with E-state index in [4.69, 9.17) is 16.0 Å². The number of rotatable bonds is 6. The number of benzene rings is 2. The highest BCUT2D eigenvalue weighted by Gasteiger charge is 2.22. The lowest BCUT2D eigenvalue weighted by atomic mass is 9.88. The van der Waals surface area contributed by atoms with Gasteiger partial charge in [-0.2, -0.15) is 0 Å². The Labute approximate surface area is 168 Å². The number of halogens is 1. The molecule has 0 spiro atoms. The molecule has 0 bridgehead atoms.